The summed E-state index contributed by atoms with van der Waals surface area (Å²) in [5.74, 6) is -0.916. The van der Waals surface area contributed by atoms with Gasteiger partial charge in [-0.1, -0.05) is 35.5 Å². The number of hydrogen-bond donors (Lipinski definition) is 4. The fourth-order valence-corrected chi connectivity index (χ4v) is 2.84. The molecule has 1 fully saturated rings. The highest BCUT2D eigenvalue weighted by Gasteiger charge is 2.46. The second-order valence-electron chi connectivity index (χ2n) is 6.27. The van der Waals surface area contributed by atoms with Crippen molar-refractivity contribution in [1.82, 2.24) is 15.0 Å². The SMILES string of the molecule is Cc1c(C(=O)O[C@H]2[C@H](O)[C@@H](CO)OC(O)[C@@H]2O)nnn1Cc1ccccc1. The van der Waals surface area contributed by atoms with Crippen LogP contribution in [0.1, 0.15) is 21.7 Å². The van der Waals surface area contributed by atoms with Crippen molar-refractivity contribution >= 4 is 5.97 Å². The number of ether oxygens (including phenoxy) is 2. The van der Waals surface area contributed by atoms with E-state index in [1.807, 2.05) is 30.3 Å². The Balaban J connectivity index is 1.74. The van der Waals surface area contributed by atoms with Gasteiger partial charge in [-0.15, -0.1) is 5.10 Å². The van der Waals surface area contributed by atoms with Gasteiger partial charge in [0.1, 0.15) is 18.3 Å². The second kappa shape index (κ2) is 8.11. The van der Waals surface area contributed by atoms with Crippen molar-refractivity contribution in [2.24, 2.45) is 0 Å². The predicted octanol–water partition coefficient (Wildman–Crippen LogP) is -1.41. The van der Waals surface area contributed by atoms with Crippen LogP contribution in [0.15, 0.2) is 30.3 Å². The van der Waals surface area contributed by atoms with Crippen molar-refractivity contribution < 1.29 is 34.7 Å². The normalized spacial score (nSPS) is 28.1. The number of aromatic nitrogens is 3. The van der Waals surface area contributed by atoms with Crippen LogP contribution in [0.5, 0.6) is 0 Å². The van der Waals surface area contributed by atoms with E-state index in [0.29, 0.717) is 12.2 Å². The van der Waals surface area contributed by atoms with Gasteiger partial charge in [-0.05, 0) is 12.5 Å². The molecule has 1 aliphatic heterocycles. The number of esters is 1. The van der Waals surface area contributed by atoms with Crippen LogP contribution < -0.4 is 0 Å². The summed E-state index contributed by atoms with van der Waals surface area (Å²) in [6.07, 6.45) is -7.59. The topological polar surface area (TPSA) is 147 Å². The Kier molecular flexibility index (Phi) is 5.82. The van der Waals surface area contributed by atoms with E-state index in [0.717, 1.165) is 5.56 Å². The molecule has 1 aliphatic rings. The Morgan fingerprint density at radius 2 is 1.93 bits per heavy atom. The summed E-state index contributed by atoms with van der Waals surface area (Å²) in [5, 5.41) is 46.6. The molecule has 27 heavy (non-hydrogen) atoms. The summed E-state index contributed by atoms with van der Waals surface area (Å²) >= 11 is 0. The van der Waals surface area contributed by atoms with E-state index in [2.05, 4.69) is 10.3 Å². The maximum absolute atomic E-state index is 12.4. The van der Waals surface area contributed by atoms with Gasteiger partial charge >= 0.3 is 5.97 Å². The first kappa shape index (κ1) is 19.4. The molecule has 3 rings (SSSR count). The van der Waals surface area contributed by atoms with Gasteiger partial charge in [0, 0.05) is 0 Å². The average molecular weight is 379 g/mol. The molecule has 0 bridgehead atoms. The lowest BCUT2D eigenvalue weighted by atomic mass is 9.99. The van der Waals surface area contributed by atoms with Crippen molar-refractivity contribution in [3.63, 3.8) is 0 Å². The highest BCUT2D eigenvalue weighted by atomic mass is 16.7. The van der Waals surface area contributed by atoms with E-state index < -0.39 is 43.3 Å². The van der Waals surface area contributed by atoms with Crippen LogP contribution in [0.3, 0.4) is 0 Å². The van der Waals surface area contributed by atoms with Crippen LogP contribution in [-0.4, -0.2) is 78.7 Å². The van der Waals surface area contributed by atoms with Crippen LogP contribution in [0, 0.1) is 6.92 Å². The summed E-state index contributed by atoms with van der Waals surface area (Å²) in [5.41, 5.74) is 1.33. The lowest BCUT2D eigenvalue weighted by Crippen LogP contribution is -2.59. The molecule has 2 heterocycles. The van der Waals surface area contributed by atoms with E-state index in [4.69, 9.17) is 9.47 Å². The van der Waals surface area contributed by atoms with Gasteiger partial charge in [0.05, 0.1) is 18.8 Å². The van der Waals surface area contributed by atoms with Gasteiger partial charge in [-0.2, -0.15) is 0 Å². The Bertz CT molecular complexity index is 782. The largest absolute Gasteiger partial charge is 0.452 e. The molecule has 2 aromatic rings. The smallest absolute Gasteiger partial charge is 0.361 e. The maximum atomic E-state index is 12.4. The van der Waals surface area contributed by atoms with Crippen molar-refractivity contribution in [3.8, 4) is 0 Å². The first-order valence-corrected chi connectivity index (χ1v) is 8.38. The Morgan fingerprint density at radius 1 is 1.22 bits per heavy atom. The summed E-state index contributed by atoms with van der Waals surface area (Å²) in [6, 6.07) is 9.47. The number of carbonyl (C=O) groups is 1. The molecule has 0 amide bonds. The van der Waals surface area contributed by atoms with Crippen LogP contribution in [-0.2, 0) is 16.0 Å². The molecule has 10 nitrogen and oxygen atoms in total. The molecule has 0 aliphatic carbocycles. The minimum absolute atomic E-state index is 0.0770. The fourth-order valence-electron chi connectivity index (χ4n) is 2.84. The minimum Gasteiger partial charge on any atom is -0.452 e. The van der Waals surface area contributed by atoms with Crippen molar-refractivity contribution in [2.45, 2.75) is 44.2 Å². The van der Waals surface area contributed by atoms with Crippen LogP contribution in [0.4, 0.5) is 0 Å². The highest BCUT2D eigenvalue weighted by molar-refractivity contribution is 5.88. The zero-order valence-electron chi connectivity index (χ0n) is 14.5. The third-order valence-electron chi connectivity index (χ3n) is 4.43. The zero-order valence-corrected chi connectivity index (χ0v) is 14.5. The average Bonchev–Trinajstić information content (AvgIpc) is 3.03. The Hall–Kier alpha value is -2.37. The van der Waals surface area contributed by atoms with E-state index in [-0.39, 0.29) is 5.69 Å². The van der Waals surface area contributed by atoms with Crippen LogP contribution in [0.2, 0.25) is 0 Å². The van der Waals surface area contributed by atoms with Crippen LogP contribution in [0.25, 0.3) is 0 Å². The zero-order chi connectivity index (χ0) is 19.6. The number of nitrogens with zero attached hydrogens (tertiary/aromatic N) is 3. The fraction of sp³-hybridized carbons (Fsp3) is 0.471. The number of rotatable bonds is 5. The second-order valence-corrected chi connectivity index (χ2v) is 6.27. The first-order valence-electron chi connectivity index (χ1n) is 8.38. The molecule has 0 radical (unpaired) electrons. The van der Waals surface area contributed by atoms with E-state index in [1.54, 1.807) is 6.92 Å². The highest BCUT2D eigenvalue weighted by Crippen LogP contribution is 2.23. The maximum Gasteiger partial charge on any atom is 0.361 e. The quantitative estimate of drug-likeness (QED) is 0.460. The molecule has 1 aromatic carbocycles. The lowest BCUT2D eigenvalue weighted by Gasteiger charge is -2.39. The van der Waals surface area contributed by atoms with Crippen molar-refractivity contribution in [1.29, 1.82) is 0 Å². The number of aliphatic hydroxyl groups excluding tert-OH is 4. The van der Waals surface area contributed by atoms with Gasteiger partial charge in [0.25, 0.3) is 0 Å². The number of carbonyl (C=O) groups excluding carboxylic acids is 1. The monoisotopic (exact) mass is 379 g/mol. The van der Waals surface area contributed by atoms with Gasteiger partial charge in [0.15, 0.2) is 18.1 Å². The molecule has 0 spiro atoms. The predicted molar refractivity (Wildman–Crippen MR) is 89.5 cm³/mol. The van der Waals surface area contributed by atoms with E-state index in [1.165, 1.54) is 4.68 Å². The van der Waals surface area contributed by atoms with Gasteiger partial charge in [-0.25, -0.2) is 9.48 Å². The van der Waals surface area contributed by atoms with E-state index >= 15 is 0 Å². The number of benzene rings is 1. The van der Waals surface area contributed by atoms with E-state index in [9.17, 15) is 25.2 Å². The van der Waals surface area contributed by atoms with Crippen molar-refractivity contribution in [3.05, 3.63) is 47.3 Å². The molecular formula is C17H21N3O7. The summed E-state index contributed by atoms with van der Waals surface area (Å²) in [4.78, 5) is 12.4. The van der Waals surface area contributed by atoms with Crippen LogP contribution >= 0.6 is 0 Å². The third-order valence-corrected chi connectivity index (χ3v) is 4.43. The Morgan fingerprint density at radius 3 is 2.59 bits per heavy atom. The number of hydrogen-bond acceptors (Lipinski definition) is 9. The molecule has 1 aromatic heterocycles. The molecule has 5 atom stereocenters. The van der Waals surface area contributed by atoms with Crippen molar-refractivity contribution in [2.75, 3.05) is 6.61 Å². The minimum atomic E-state index is -1.71. The standard InChI is InChI=1S/C17H21N3O7/c1-9-12(18-19-20(9)7-10-5-3-2-4-6-10)16(24)27-15-13(22)11(8-21)26-17(25)14(15)23/h2-6,11,13-15,17,21-23,25H,7-8H2,1H3/t11-,13-,14-,15+,17?/m1/s1. The summed E-state index contributed by atoms with van der Waals surface area (Å²) in [6.45, 7) is 1.42. The molecular weight excluding hydrogens is 358 g/mol. The molecule has 4 N–H and O–H groups in total. The Labute approximate surface area is 154 Å². The third kappa shape index (κ3) is 3.99. The molecule has 0 saturated carbocycles. The lowest BCUT2D eigenvalue weighted by molar-refractivity contribution is -0.285. The molecule has 10 heteroatoms. The molecule has 1 saturated heterocycles. The first-order chi connectivity index (χ1) is 12.9. The van der Waals surface area contributed by atoms with Gasteiger partial charge in [-0.3, -0.25) is 0 Å². The molecule has 1 unspecified atom stereocenters. The molecule has 146 valence electrons. The summed E-state index contributed by atoms with van der Waals surface area (Å²) in [7, 11) is 0. The van der Waals surface area contributed by atoms with Gasteiger partial charge < -0.3 is 29.9 Å². The summed E-state index contributed by atoms with van der Waals surface area (Å²) < 4.78 is 11.5. The van der Waals surface area contributed by atoms with Gasteiger partial charge in [0.2, 0.25) is 0 Å². The number of aliphatic hydroxyl groups is 4.